The van der Waals surface area contributed by atoms with Crippen molar-refractivity contribution in [2.45, 2.75) is 0 Å². The number of aromatic hydroxyl groups is 1. The molecule has 1 heterocycles. The number of nitro benzene ring substituents is 1. The Morgan fingerprint density at radius 2 is 1.96 bits per heavy atom. The Morgan fingerprint density at radius 3 is 2.60 bits per heavy atom. The van der Waals surface area contributed by atoms with Gasteiger partial charge in [0, 0.05) is 11.6 Å². The number of nitro groups is 1. The first kappa shape index (κ1) is 15.9. The van der Waals surface area contributed by atoms with Crippen LogP contribution in [0.3, 0.4) is 0 Å². The molecule has 10 heteroatoms. The van der Waals surface area contributed by atoms with Crippen LogP contribution in [-0.4, -0.2) is 31.2 Å². The lowest BCUT2D eigenvalue weighted by molar-refractivity contribution is -0.385. The molecule has 3 rings (SSSR count). The molecule has 0 radical (unpaired) electrons. The topological polar surface area (TPSA) is 149 Å². The van der Waals surface area contributed by atoms with Crippen LogP contribution in [0.25, 0.3) is 11.4 Å². The molecule has 0 amide bonds. The molecule has 2 aromatic carbocycles. The highest BCUT2D eigenvalue weighted by atomic mass is 16.6. The minimum Gasteiger partial charge on any atom is -0.504 e. The summed E-state index contributed by atoms with van der Waals surface area (Å²) in [6.07, 6.45) is 0. The largest absolute Gasteiger partial charge is 0.504 e. The van der Waals surface area contributed by atoms with E-state index in [0.717, 1.165) is 6.07 Å². The Balaban J connectivity index is 1.99. The Morgan fingerprint density at radius 1 is 1.20 bits per heavy atom. The summed E-state index contributed by atoms with van der Waals surface area (Å²) >= 11 is 0. The Hall–Kier alpha value is -3.95. The molecule has 2 N–H and O–H groups in total. The number of aromatic nitrogens is 2. The van der Waals surface area contributed by atoms with Gasteiger partial charge in [-0.05, 0) is 24.3 Å². The third-order valence-corrected chi connectivity index (χ3v) is 3.11. The Labute approximate surface area is 139 Å². The number of hydrogen-bond acceptors (Lipinski definition) is 8. The van der Waals surface area contributed by atoms with Crippen LogP contribution in [0.4, 0.5) is 5.69 Å². The summed E-state index contributed by atoms with van der Waals surface area (Å²) in [6, 6.07) is 9.81. The fourth-order valence-electron chi connectivity index (χ4n) is 1.97. The van der Waals surface area contributed by atoms with Gasteiger partial charge in [0.25, 0.3) is 0 Å². The molecule has 0 spiro atoms. The SMILES string of the molecule is O=C(O)c1nc(-c2ccc(Oc3ccccc3O)c([N+](=O)[O-])c2)no1. The average molecular weight is 343 g/mol. The van der Waals surface area contributed by atoms with Crippen molar-refractivity contribution < 1.29 is 29.2 Å². The molecule has 0 bridgehead atoms. The Bertz CT molecular complexity index is 967. The summed E-state index contributed by atoms with van der Waals surface area (Å²) < 4.78 is 9.91. The van der Waals surface area contributed by atoms with Gasteiger partial charge in [-0.3, -0.25) is 10.1 Å². The molecular weight excluding hydrogens is 334 g/mol. The molecule has 0 saturated heterocycles. The molecular formula is C15H9N3O7. The molecule has 0 unspecified atom stereocenters. The summed E-state index contributed by atoms with van der Waals surface area (Å²) in [6.45, 7) is 0. The van der Waals surface area contributed by atoms with E-state index in [9.17, 15) is 20.0 Å². The number of phenolic OH excluding ortho intramolecular Hbond substituents is 1. The highest BCUT2D eigenvalue weighted by molar-refractivity contribution is 5.82. The van der Waals surface area contributed by atoms with E-state index < -0.39 is 22.5 Å². The van der Waals surface area contributed by atoms with Crippen LogP contribution in [0.2, 0.25) is 0 Å². The van der Waals surface area contributed by atoms with Crippen LogP contribution in [-0.2, 0) is 0 Å². The maximum absolute atomic E-state index is 11.3. The van der Waals surface area contributed by atoms with Crippen molar-refractivity contribution in [3.63, 3.8) is 0 Å². The number of benzene rings is 2. The van der Waals surface area contributed by atoms with Gasteiger partial charge in [0.05, 0.1) is 4.92 Å². The summed E-state index contributed by atoms with van der Waals surface area (Å²) in [7, 11) is 0. The van der Waals surface area contributed by atoms with Gasteiger partial charge in [0.2, 0.25) is 11.6 Å². The van der Waals surface area contributed by atoms with Crippen LogP contribution in [0.5, 0.6) is 17.2 Å². The van der Waals surface area contributed by atoms with E-state index in [0.29, 0.717) is 0 Å². The zero-order valence-electron chi connectivity index (χ0n) is 12.3. The minimum atomic E-state index is -1.41. The number of phenols is 1. The van der Waals surface area contributed by atoms with Gasteiger partial charge in [-0.1, -0.05) is 17.3 Å². The van der Waals surface area contributed by atoms with E-state index >= 15 is 0 Å². The molecule has 25 heavy (non-hydrogen) atoms. The lowest BCUT2D eigenvalue weighted by atomic mass is 10.1. The van der Waals surface area contributed by atoms with Gasteiger partial charge >= 0.3 is 17.5 Å². The molecule has 0 atom stereocenters. The van der Waals surface area contributed by atoms with E-state index in [1.54, 1.807) is 12.1 Å². The lowest BCUT2D eigenvalue weighted by Gasteiger charge is -2.08. The van der Waals surface area contributed by atoms with Crippen molar-refractivity contribution in [2.24, 2.45) is 0 Å². The van der Waals surface area contributed by atoms with Gasteiger partial charge in [-0.2, -0.15) is 4.98 Å². The molecule has 3 aromatic rings. The highest BCUT2D eigenvalue weighted by Crippen LogP contribution is 2.37. The molecule has 126 valence electrons. The first-order valence-corrected chi connectivity index (χ1v) is 6.77. The number of carboxylic acids is 1. The number of ether oxygens (including phenoxy) is 1. The maximum atomic E-state index is 11.3. The quantitative estimate of drug-likeness (QED) is 0.526. The van der Waals surface area contributed by atoms with Crippen molar-refractivity contribution >= 4 is 11.7 Å². The second-order valence-electron chi connectivity index (χ2n) is 4.74. The molecule has 0 aliphatic carbocycles. The maximum Gasteiger partial charge on any atom is 0.394 e. The van der Waals surface area contributed by atoms with E-state index in [2.05, 4.69) is 14.7 Å². The third kappa shape index (κ3) is 3.22. The van der Waals surface area contributed by atoms with Gasteiger partial charge in [0.15, 0.2) is 11.5 Å². The predicted molar refractivity (Wildman–Crippen MR) is 81.5 cm³/mol. The second-order valence-corrected chi connectivity index (χ2v) is 4.74. The van der Waals surface area contributed by atoms with Crippen LogP contribution in [0, 0.1) is 10.1 Å². The first-order valence-electron chi connectivity index (χ1n) is 6.77. The second kappa shape index (κ2) is 6.28. The zero-order chi connectivity index (χ0) is 18.0. The third-order valence-electron chi connectivity index (χ3n) is 3.11. The minimum absolute atomic E-state index is 0.0473. The number of para-hydroxylation sites is 2. The fourth-order valence-corrected chi connectivity index (χ4v) is 1.97. The number of carboxylic acid groups (broad SMARTS) is 1. The Kier molecular flexibility index (Phi) is 4.00. The predicted octanol–water partition coefficient (Wildman–Crippen LogP) is 2.84. The summed E-state index contributed by atoms with van der Waals surface area (Å²) in [5.74, 6) is -2.40. The molecule has 0 fully saturated rings. The van der Waals surface area contributed by atoms with Gasteiger partial charge < -0.3 is 19.5 Å². The summed E-state index contributed by atoms with van der Waals surface area (Å²) in [5.41, 5.74) is -0.241. The number of rotatable bonds is 5. The lowest BCUT2D eigenvalue weighted by Crippen LogP contribution is -1.96. The molecule has 0 aliphatic heterocycles. The number of hydrogen-bond donors (Lipinski definition) is 2. The van der Waals surface area contributed by atoms with Gasteiger partial charge in [-0.25, -0.2) is 4.79 Å². The summed E-state index contributed by atoms with van der Waals surface area (Å²) in [4.78, 5) is 25.0. The van der Waals surface area contributed by atoms with Crippen molar-refractivity contribution in [1.29, 1.82) is 0 Å². The number of carbonyl (C=O) groups is 1. The van der Waals surface area contributed by atoms with E-state index in [1.807, 2.05) is 0 Å². The van der Waals surface area contributed by atoms with Crippen molar-refractivity contribution in [3.8, 4) is 28.6 Å². The molecule has 0 saturated carbocycles. The van der Waals surface area contributed by atoms with E-state index in [4.69, 9.17) is 9.84 Å². The smallest absolute Gasteiger partial charge is 0.394 e. The monoisotopic (exact) mass is 343 g/mol. The molecule has 1 aromatic heterocycles. The number of nitrogens with zero attached hydrogens (tertiary/aromatic N) is 3. The highest BCUT2D eigenvalue weighted by Gasteiger charge is 2.21. The van der Waals surface area contributed by atoms with Crippen LogP contribution in [0.1, 0.15) is 10.7 Å². The van der Waals surface area contributed by atoms with Crippen molar-refractivity contribution in [2.75, 3.05) is 0 Å². The van der Waals surface area contributed by atoms with Crippen LogP contribution in [0.15, 0.2) is 47.0 Å². The zero-order valence-corrected chi connectivity index (χ0v) is 12.3. The molecule has 10 nitrogen and oxygen atoms in total. The first-order chi connectivity index (χ1) is 12.0. The van der Waals surface area contributed by atoms with Crippen molar-refractivity contribution in [1.82, 2.24) is 10.1 Å². The van der Waals surface area contributed by atoms with Gasteiger partial charge in [-0.15, -0.1) is 0 Å². The standard InChI is InChI=1S/C15H9N3O7/c19-10-3-1-2-4-12(10)24-11-6-5-8(7-9(11)18(22)23)13-16-14(15(20)21)25-17-13/h1-7,19H,(H,20,21). The van der Waals surface area contributed by atoms with Gasteiger partial charge in [0.1, 0.15) is 0 Å². The number of aromatic carboxylic acids is 1. The normalized spacial score (nSPS) is 10.4. The fraction of sp³-hybridized carbons (Fsp3) is 0. The van der Waals surface area contributed by atoms with E-state index in [1.165, 1.54) is 24.3 Å². The van der Waals surface area contributed by atoms with E-state index in [-0.39, 0.29) is 28.6 Å². The van der Waals surface area contributed by atoms with Crippen LogP contribution >= 0.6 is 0 Å². The van der Waals surface area contributed by atoms with Crippen LogP contribution < -0.4 is 4.74 Å². The average Bonchev–Trinajstić information content (AvgIpc) is 3.07. The summed E-state index contributed by atoms with van der Waals surface area (Å²) in [5, 5.41) is 33.2. The van der Waals surface area contributed by atoms with Crippen molar-refractivity contribution in [3.05, 3.63) is 58.5 Å². The molecule has 0 aliphatic rings.